The second kappa shape index (κ2) is 7.88. The van der Waals surface area contributed by atoms with Crippen LogP contribution in [0, 0.1) is 5.41 Å². The highest BCUT2D eigenvalue weighted by Crippen LogP contribution is 2.68. The summed E-state index contributed by atoms with van der Waals surface area (Å²) >= 11 is 5.23. The first-order chi connectivity index (χ1) is 17.1. The van der Waals surface area contributed by atoms with Gasteiger partial charge in [-0.05, 0) is 42.1 Å². The molecule has 6 heterocycles. The maximum Gasteiger partial charge on any atom is 0.250 e. The molecule has 35 heavy (non-hydrogen) atoms. The molecule has 1 aromatic carbocycles. The number of fused-ring (bicyclic) bond motifs is 5. The van der Waals surface area contributed by atoms with Crippen LogP contribution in [0.3, 0.4) is 0 Å². The van der Waals surface area contributed by atoms with Crippen molar-refractivity contribution in [1.29, 1.82) is 0 Å². The van der Waals surface area contributed by atoms with E-state index in [-0.39, 0.29) is 23.7 Å². The van der Waals surface area contributed by atoms with Crippen LogP contribution in [0.2, 0.25) is 0 Å². The molecule has 0 aliphatic carbocycles. The molecule has 5 nitrogen and oxygen atoms in total. The van der Waals surface area contributed by atoms with Crippen LogP contribution in [0.15, 0.2) is 64.9 Å². The number of para-hydroxylation sites is 1. The highest BCUT2D eigenvalue weighted by molar-refractivity contribution is 7.99. The summed E-state index contributed by atoms with van der Waals surface area (Å²) in [7, 11) is 2.09. The smallest absolute Gasteiger partial charge is 0.250 e. The second-order valence-corrected chi connectivity index (χ2v) is 12.9. The third kappa shape index (κ3) is 2.77. The van der Waals surface area contributed by atoms with Gasteiger partial charge in [-0.15, -0.1) is 34.4 Å². The Morgan fingerprint density at radius 2 is 1.89 bits per heavy atom. The maximum absolute atomic E-state index is 15.0. The molecule has 0 saturated carbocycles. The maximum atomic E-state index is 15.0. The van der Waals surface area contributed by atoms with Crippen LogP contribution in [-0.4, -0.2) is 59.3 Å². The van der Waals surface area contributed by atoms with Crippen molar-refractivity contribution in [3.8, 4) is 0 Å². The van der Waals surface area contributed by atoms with Gasteiger partial charge in [0.15, 0.2) is 5.78 Å². The van der Waals surface area contributed by atoms with Crippen LogP contribution < -0.4 is 5.32 Å². The Labute approximate surface area is 216 Å². The molecule has 1 N–H and O–H groups in total. The number of nitrogens with zero attached hydrogens (tertiary/aromatic N) is 2. The summed E-state index contributed by atoms with van der Waals surface area (Å²) in [5, 5.41) is 7.34. The number of likely N-dealkylation sites (N-methyl/N-ethyl adjacent to an activating group) is 1. The van der Waals surface area contributed by atoms with Crippen molar-refractivity contribution in [2.24, 2.45) is 5.41 Å². The van der Waals surface area contributed by atoms with Gasteiger partial charge in [-0.1, -0.05) is 30.3 Å². The molecule has 0 radical (unpaired) electrons. The molecule has 0 unspecified atom stereocenters. The highest BCUT2D eigenvalue weighted by atomic mass is 32.2. The largest absolute Gasteiger partial charge is 0.324 e. The summed E-state index contributed by atoms with van der Waals surface area (Å²) in [6.07, 6.45) is 2.06. The number of hydrogen-bond acceptors (Lipinski definition) is 7. The summed E-state index contributed by atoms with van der Waals surface area (Å²) in [6, 6.07) is 16.4. The highest BCUT2D eigenvalue weighted by Gasteiger charge is 2.78. The Hall–Kier alpha value is -2.23. The third-order valence-electron chi connectivity index (χ3n) is 8.17. The van der Waals surface area contributed by atoms with E-state index in [0.717, 1.165) is 33.3 Å². The SMILES string of the molecule is CN1C/C(=C\c2cccs2)C(=O)[C@]2(C1)[C@@H](c1cccs1)[C@@H]1CSCN1[C@@]21C(=O)Nc2ccccc21. The van der Waals surface area contributed by atoms with Crippen molar-refractivity contribution in [2.45, 2.75) is 17.5 Å². The average molecular weight is 520 g/mol. The lowest BCUT2D eigenvalue weighted by atomic mass is 9.56. The van der Waals surface area contributed by atoms with E-state index in [1.54, 1.807) is 22.7 Å². The summed E-state index contributed by atoms with van der Waals surface area (Å²) in [5.74, 6) is 1.69. The number of hydrogen-bond donors (Lipinski definition) is 1. The van der Waals surface area contributed by atoms with Crippen molar-refractivity contribution in [3.63, 3.8) is 0 Å². The van der Waals surface area contributed by atoms with Crippen molar-refractivity contribution in [2.75, 3.05) is 37.1 Å². The number of ketones is 1. The van der Waals surface area contributed by atoms with E-state index in [4.69, 9.17) is 0 Å². The summed E-state index contributed by atoms with van der Waals surface area (Å²) in [4.78, 5) is 36.2. The van der Waals surface area contributed by atoms with Crippen LogP contribution in [0.1, 0.15) is 21.2 Å². The molecule has 2 aromatic heterocycles. The minimum absolute atomic E-state index is 0.0515. The van der Waals surface area contributed by atoms with E-state index in [0.29, 0.717) is 13.1 Å². The van der Waals surface area contributed by atoms with Gasteiger partial charge in [0.1, 0.15) is 5.54 Å². The molecule has 7 rings (SSSR count). The molecule has 0 bridgehead atoms. The Morgan fingerprint density at radius 3 is 2.69 bits per heavy atom. The Morgan fingerprint density at radius 1 is 1.06 bits per heavy atom. The molecule has 4 atom stereocenters. The number of carbonyl (C=O) groups excluding carboxylic acids is 2. The fourth-order valence-corrected chi connectivity index (χ4v) is 10.1. The number of Topliss-reactive ketones (excluding diaryl/α,β-unsaturated/α-hetero) is 1. The lowest BCUT2D eigenvalue weighted by Crippen LogP contribution is -2.65. The van der Waals surface area contributed by atoms with Crippen LogP contribution >= 0.6 is 34.4 Å². The van der Waals surface area contributed by atoms with E-state index in [1.165, 1.54) is 4.88 Å². The number of thioether (sulfide) groups is 1. The zero-order valence-electron chi connectivity index (χ0n) is 19.3. The normalized spacial score (nSPS) is 33.7. The summed E-state index contributed by atoms with van der Waals surface area (Å²) in [6.45, 7) is 1.14. The van der Waals surface area contributed by atoms with Gasteiger partial charge in [-0.3, -0.25) is 14.5 Å². The van der Waals surface area contributed by atoms with Gasteiger partial charge in [0, 0.05) is 63.3 Å². The van der Waals surface area contributed by atoms with Crippen molar-refractivity contribution in [1.82, 2.24) is 9.80 Å². The Balaban J connectivity index is 1.55. The molecule has 3 saturated heterocycles. The zero-order valence-corrected chi connectivity index (χ0v) is 21.7. The number of benzene rings is 1. The van der Waals surface area contributed by atoms with Crippen LogP contribution in [0.4, 0.5) is 5.69 Å². The summed E-state index contributed by atoms with van der Waals surface area (Å²) in [5.41, 5.74) is 0.635. The first kappa shape index (κ1) is 22.0. The number of likely N-dealkylation sites (tertiary alicyclic amines) is 1. The standard InChI is InChI=1S/C27H25N3O2S3/c1-29-13-17(12-18-6-4-10-34-18)24(31)26(15-29)23(22-9-5-11-35-22)21-14-33-16-30(21)27(26)19-7-2-3-8-20(19)28-25(27)32/h2-12,21,23H,13-16H2,1H3,(H,28,32)/b17-12+/t21-,23+,26-,27-/m0/s1. The molecule has 3 fully saturated rings. The van der Waals surface area contributed by atoms with Crippen LogP contribution in [0.5, 0.6) is 0 Å². The van der Waals surface area contributed by atoms with Gasteiger partial charge in [-0.2, -0.15) is 0 Å². The van der Waals surface area contributed by atoms with Gasteiger partial charge in [0.25, 0.3) is 5.91 Å². The first-order valence-corrected chi connectivity index (χ1v) is 14.7. The quantitative estimate of drug-likeness (QED) is 0.497. The zero-order chi connectivity index (χ0) is 23.8. The van der Waals surface area contributed by atoms with Gasteiger partial charge >= 0.3 is 0 Å². The van der Waals surface area contributed by atoms with E-state index in [9.17, 15) is 9.59 Å². The number of piperidine rings is 1. The lowest BCUT2D eigenvalue weighted by Gasteiger charge is -2.50. The van der Waals surface area contributed by atoms with Gasteiger partial charge < -0.3 is 10.2 Å². The molecular formula is C27H25N3O2S3. The molecule has 4 aliphatic heterocycles. The van der Waals surface area contributed by atoms with Crippen LogP contribution in [0.25, 0.3) is 6.08 Å². The predicted octanol–water partition coefficient (Wildman–Crippen LogP) is 4.71. The van der Waals surface area contributed by atoms with E-state index in [1.807, 2.05) is 41.4 Å². The fraction of sp³-hybridized carbons (Fsp3) is 0.333. The molecule has 4 aliphatic rings. The Bertz CT molecular complexity index is 1350. The van der Waals surface area contributed by atoms with Gasteiger partial charge in [0.05, 0.1) is 5.41 Å². The number of amides is 1. The molecular weight excluding hydrogens is 495 g/mol. The molecule has 8 heteroatoms. The number of nitrogens with one attached hydrogen (secondary N) is 1. The number of thiophene rings is 2. The second-order valence-electron chi connectivity index (χ2n) is 9.90. The number of rotatable bonds is 2. The minimum Gasteiger partial charge on any atom is -0.324 e. The fourth-order valence-electron chi connectivity index (χ4n) is 7.14. The monoisotopic (exact) mass is 519 g/mol. The molecule has 1 amide bonds. The molecule has 2 spiro atoms. The van der Waals surface area contributed by atoms with Crippen molar-refractivity contribution in [3.05, 3.63) is 80.2 Å². The number of anilines is 1. The predicted molar refractivity (Wildman–Crippen MR) is 144 cm³/mol. The minimum atomic E-state index is -1.04. The van der Waals surface area contributed by atoms with Crippen molar-refractivity contribution >= 4 is 57.9 Å². The topological polar surface area (TPSA) is 52.7 Å². The Kier molecular flexibility index (Phi) is 4.96. The van der Waals surface area contributed by atoms with Crippen LogP contribution in [-0.2, 0) is 15.1 Å². The van der Waals surface area contributed by atoms with E-state index in [2.05, 4.69) is 57.9 Å². The first-order valence-electron chi connectivity index (χ1n) is 11.8. The summed E-state index contributed by atoms with van der Waals surface area (Å²) < 4.78 is 0. The third-order valence-corrected chi connectivity index (χ3v) is 11.0. The van der Waals surface area contributed by atoms with E-state index >= 15 is 0 Å². The van der Waals surface area contributed by atoms with Crippen molar-refractivity contribution < 1.29 is 9.59 Å². The van der Waals surface area contributed by atoms with Gasteiger partial charge in [0.2, 0.25) is 0 Å². The van der Waals surface area contributed by atoms with Gasteiger partial charge in [-0.25, -0.2) is 0 Å². The molecule has 178 valence electrons. The number of carbonyl (C=O) groups is 2. The lowest BCUT2D eigenvalue weighted by molar-refractivity contribution is -0.146. The van der Waals surface area contributed by atoms with E-state index < -0.39 is 11.0 Å². The average Bonchev–Trinajstić information content (AvgIpc) is 3.65. The molecule has 3 aromatic rings.